The summed E-state index contributed by atoms with van der Waals surface area (Å²) in [6.45, 7) is 1.67. The fourth-order valence-corrected chi connectivity index (χ4v) is 5.22. The number of nitrogens with one attached hydrogen (secondary N) is 2. The summed E-state index contributed by atoms with van der Waals surface area (Å²) in [4.78, 5) is 25.0. The number of rotatable bonds is 9. The van der Waals surface area contributed by atoms with Gasteiger partial charge in [0.25, 0.3) is 10.0 Å². The summed E-state index contributed by atoms with van der Waals surface area (Å²) in [5, 5.41) is 2.65. The topological polar surface area (TPSA) is 102 Å². The second kappa shape index (κ2) is 10.2. The molecule has 1 heterocycles. The van der Waals surface area contributed by atoms with Crippen molar-refractivity contribution in [3.8, 4) is 5.75 Å². The van der Waals surface area contributed by atoms with Crippen molar-refractivity contribution in [3.63, 3.8) is 0 Å². The summed E-state index contributed by atoms with van der Waals surface area (Å²) in [5.74, 6) is 0.0405. The first-order valence-corrected chi connectivity index (χ1v) is 12.2. The predicted molar refractivity (Wildman–Crippen MR) is 127 cm³/mol. The molecule has 10 heteroatoms. The molecule has 3 rings (SSSR count). The van der Waals surface area contributed by atoms with Crippen LogP contribution >= 0.6 is 22.9 Å². The highest BCUT2D eigenvalue weighted by Crippen LogP contribution is 2.25. The number of amides is 1. The van der Waals surface area contributed by atoms with Crippen LogP contribution in [0.15, 0.2) is 59.5 Å². The van der Waals surface area contributed by atoms with Gasteiger partial charge in [-0.25, -0.2) is 8.42 Å². The number of methoxy groups -OCH3 is 1. The lowest BCUT2D eigenvalue weighted by Crippen LogP contribution is -2.16. The van der Waals surface area contributed by atoms with Crippen molar-refractivity contribution < 1.29 is 22.7 Å². The van der Waals surface area contributed by atoms with Crippen molar-refractivity contribution in [2.24, 2.45) is 0 Å². The summed E-state index contributed by atoms with van der Waals surface area (Å²) in [6, 6.07) is 14.3. The maximum absolute atomic E-state index is 12.9. The first-order valence-electron chi connectivity index (χ1n) is 9.54. The molecule has 0 aliphatic heterocycles. The van der Waals surface area contributed by atoms with E-state index in [0.717, 1.165) is 11.3 Å². The first-order chi connectivity index (χ1) is 15.2. The van der Waals surface area contributed by atoms with Crippen LogP contribution in [-0.2, 0) is 14.8 Å². The fourth-order valence-electron chi connectivity index (χ4n) is 2.87. The van der Waals surface area contributed by atoms with E-state index in [2.05, 4.69) is 10.0 Å². The monoisotopic (exact) mass is 492 g/mol. The number of carbonyl (C=O) groups excluding carboxylic acids is 2. The Balaban J connectivity index is 1.67. The van der Waals surface area contributed by atoms with Gasteiger partial charge in [-0.1, -0.05) is 17.7 Å². The van der Waals surface area contributed by atoms with Gasteiger partial charge in [0.1, 0.15) is 5.75 Å². The van der Waals surface area contributed by atoms with Crippen molar-refractivity contribution >= 4 is 56.0 Å². The number of thiophene rings is 1. The van der Waals surface area contributed by atoms with E-state index in [1.54, 1.807) is 55.5 Å². The van der Waals surface area contributed by atoms with Gasteiger partial charge in [0.15, 0.2) is 5.78 Å². The molecular weight excluding hydrogens is 472 g/mol. The molecule has 1 amide bonds. The molecule has 0 unspecified atom stereocenters. The van der Waals surface area contributed by atoms with Crippen LogP contribution in [0.2, 0.25) is 4.34 Å². The third-order valence-corrected chi connectivity index (χ3v) is 7.33. The summed E-state index contributed by atoms with van der Waals surface area (Å²) in [7, 11) is -2.36. The Labute approximate surface area is 195 Å². The Bertz CT molecular complexity index is 1240. The van der Waals surface area contributed by atoms with Crippen LogP contribution in [0.5, 0.6) is 5.75 Å². The number of ether oxygens (including phenoxy) is 1. The van der Waals surface area contributed by atoms with E-state index in [1.807, 2.05) is 0 Å². The Morgan fingerprint density at radius 3 is 2.31 bits per heavy atom. The highest BCUT2D eigenvalue weighted by atomic mass is 35.5. The van der Waals surface area contributed by atoms with E-state index in [1.165, 1.54) is 13.2 Å². The lowest BCUT2D eigenvalue weighted by molar-refractivity contribution is -0.116. The molecule has 168 valence electrons. The molecule has 0 bridgehead atoms. The predicted octanol–water partition coefficient (Wildman–Crippen LogP) is 5.12. The van der Waals surface area contributed by atoms with Crippen LogP contribution in [0.1, 0.15) is 28.1 Å². The lowest BCUT2D eigenvalue weighted by atomic mass is 10.2. The van der Waals surface area contributed by atoms with E-state index in [9.17, 15) is 18.0 Å². The van der Waals surface area contributed by atoms with E-state index >= 15 is 0 Å². The summed E-state index contributed by atoms with van der Waals surface area (Å²) < 4.78 is 33.9. The molecule has 0 saturated heterocycles. The smallest absolute Gasteiger partial charge is 0.262 e. The number of aryl methyl sites for hydroxylation is 1. The zero-order valence-corrected chi connectivity index (χ0v) is 19.7. The first kappa shape index (κ1) is 23.8. The van der Waals surface area contributed by atoms with Gasteiger partial charge in [-0.2, -0.15) is 0 Å². The van der Waals surface area contributed by atoms with Crippen LogP contribution in [0.4, 0.5) is 11.4 Å². The minimum atomic E-state index is -3.89. The molecule has 0 fully saturated rings. The van der Waals surface area contributed by atoms with Gasteiger partial charge in [-0.15, -0.1) is 11.3 Å². The average molecular weight is 493 g/mol. The quantitative estimate of drug-likeness (QED) is 0.403. The Morgan fingerprint density at radius 1 is 1.00 bits per heavy atom. The third-order valence-electron chi connectivity index (χ3n) is 4.53. The Kier molecular flexibility index (Phi) is 7.55. The van der Waals surface area contributed by atoms with Gasteiger partial charge in [0.2, 0.25) is 5.91 Å². The number of anilines is 2. The molecule has 2 N–H and O–H groups in total. The molecule has 0 atom stereocenters. The largest absolute Gasteiger partial charge is 0.497 e. The summed E-state index contributed by atoms with van der Waals surface area (Å²) >= 11 is 6.99. The van der Waals surface area contributed by atoms with Gasteiger partial charge in [0.05, 0.1) is 21.2 Å². The van der Waals surface area contributed by atoms with E-state index in [0.29, 0.717) is 31.9 Å². The number of hydrogen-bond acceptors (Lipinski definition) is 6. The fraction of sp³-hybridized carbons (Fsp3) is 0.182. The number of benzene rings is 2. The number of carbonyl (C=O) groups is 2. The molecule has 0 aliphatic carbocycles. The molecule has 0 saturated carbocycles. The second-order valence-electron chi connectivity index (χ2n) is 6.89. The van der Waals surface area contributed by atoms with Crippen molar-refractivity contribution in [2.45, 2.75) is 24.7 Å². The maximum Gasteiger partial charge on any atom is 0.262 e. The Morgan fingerprint density at radius 2 is 1.69 bits per heavy atom. The highest BCUT2D eigenvalue weighted by molar-refractivity contribution is 7.92. The molecule has 1 aromatic heterocycles. The van der Waals surface area contributed by atoms with Crippen LogP contribution < -0.4 is 14.8 Å². The number of sulfonamides is 1. The molecule has 0 radical (unpaired) electrons. The number of ketones is 1. The molecule has 2 aromatic carbocycles. The van der Waals surface area contributed by atoms with Crippen molar-refractivity contribution in [1.82, 2.24) is 0 Å². The number of hydrogen-bond donors (Lipinski definition) is 2. The van der Waals surface area contributed by atoms with Gasteiger partial charge in [0, 0.05) is 24.2 Å². The van der Waals surface area contributed by atoms with Crippen molar-refractivity contribution in [2.75, 3.05) is 17.1 Å². The van der Waals surface area contributed by atoms with Crippen LogP contribution in [0.3, 0.4) is 0 Å². The van der Waals surface area contributed by atoms with Gasteiger partial charge >= 0.3 is 0 Å². The van der Waals surface area contributed by atoms with Crippen LogP contribution in [0.25, 0.3) is 0 Å². The minimum Gasteiger partial charge on any atom is -0.497 e. The molecule has 0 spiro atoms. The molecule has 3 aromatic rings. The summed E-state index contributed by atoms with van der Waals surface area (Å²) in [6.07, 6.45) is -0.00682. The zero-order valence-electron chi connectivity index (χ0n) is 17.3. The van der Waals surface area contributed by atoms with Gasteiger partial charge in [-0.05, 0) is 61.0 Å². The molecule has 7 nitrogen and oxygen atoms in total. The maximum atomic E-state index is 12.9. The molecule has 0 aliphatic rings. The molecule has 32 heavy (non-hydrogen) atoms. The zero-order chi connectivity index (χ0) is 23.3. The second-order valence-corrected chi connectivity index (χ2v) is 10.3. The van der Waals surface area contributed by atoms with E-state index in [-0.39, 0.29) is 23.5 Å². The van der Waals surface area contributed by atoms with Crippen molar-refractivity contribution in [1.29, 1.82) is 0 Å². The lowest BCUT2D eigenvalue weighted by Gasteiger charge is -2.13. The van der Waals surface area contributed by atoms with Crippen molar-refractivity contribution in [3.05, 3.63) is 69.4 Å². The number of halogens is 1. The minimum absolute atomic E-state index is 0.0265. The number of Topliss-reactive ketones (excluding diaryl/α,β-unsaturated/α-hetero) is 1. The average Bonchev–Trinajstić information content (AvgIpc) is 3.20. The van der Waals surface area contributed by atoms with E-state index < -0.39 is 15.9 Å². The van der Waals surface area contributed by atoms with Crippen LogP contribution in [-0.4, -0.2) is 27.2 Å². The van der Waals surface area contributed by atoms with Gasteiger partial charge in [-0.3, -0.25) is 14.3 Å². The SMILES string of the molecule is COc1ccc(NS(=O)(=O)c2cc(NC(=O)CCC(=O)c3ccc(Cl)s3)ccc2C)cc1. The normalized spacial score (nSPS) is 11.1. The standard InChI is InChI=1S/C22H21ClN2O5S2/c1-14-3-4-16(24-22(27)12-9-18(26)19-10-11-21(23)31-19)13-20(14)32(28,29)25-15-5-7-17(30-2)8-6-15/h3-8,10-11,13,25H,9,12H2,1-2H3,(H,24,27). The van der Waals surface area contributed by atoms with Crippen LogP contribution in [0, 0.1) is 6.92 Å². The molecular formula is C22H21ClN2O5S2. The Hall–Kier alpha value is -2.88. The highest BCUT2D eigenvalue weighted by Gasteiger charge is 2.19. The van der Waals surface area contributed by atoms with Gasteiger partial charge < -0.3 is 10.1 Å². The third kappa shape index (κ3) is 6.09. The van der Waals surface area contributed by atoms with E-state index in [4.69, 9.17) is 16.3 Å². The summed E-state index contributed by atoms with van der Waals surface area (Å²) in [5.41, 5.74) is 1.22.